The molecule has 1 heterocycles. The Morgan fingerprint density at radius 3 is 2.87 bits per heavy atom. The van der Waals surface area contributed by atoms with E-state index in [1.807, 2.05) is 17.4 Å². The Labute approximate surface area is 106 Å². The fourth-order valence-corrected chi connectivity index (χ4v) is 3.48. The van der Waals surface area contributed by atoms with E-state index < -0.39 is 0 Å². The van der Waals surface area contributed by atoms with E-state index in [9.17, 15) is 0 Å². The van der Waals surface area contributed by atoms with Crippen LogP contribution in [0.2, 0.25) is 0 Å². The fraction of sp³-hybridized carbons (Fsp3) is 0.538. The first-order valence-electron chi connectivity index (χ1n) is 5.66. The van der Waals surface area contributed by atoms with Gasteiger partial charge in [0.15, 0.2) is 0 Å². The summed E-state index contributed by atoms with van der Waals surface area (Å²) in [6.07, 6.45) is 9.53. The van der Waals surface area contributed by atoms with Gasteiger partial charge in [0.2, 0.25) is 0 Å². The maximum Gasteiger partial charge on any atom is 0.0733 e. The molecule has 84 valence electrons. The van der Waals surface area contributed by atoms with Crippen molar-refractivity contribution in [3.63, 3.8) is 0 Å². The van der Waals surface area contributed by atoms with Crippen LogP contribution in [-0.2, 0) is 12.8 Å². The Bertz CT molecular complexity index is 301. The van der Waals surface area contributed by atoms with Gasteiger partial charge in [-0.25, -0.2) is 0 Å². The molecule has 1 aromatic rings. The number of hydrogen-bond donors (Lipinski definition) is 0. The fourth-order valence-electron chi connectivity index (χ4n) is 1.62. The average Bonchev–Trinajstić information content (AvgIpc) is 2.55. The largest absolute Gasteiger partial charge is 0.133 e. The van der Waals surface area contributed by atoms with Crippen LogP contribution in [0, 0.1) is 0 Å². The highest BCUT2D eigenvalue weighted by Crippen LogP contribution is 2.29. The third kappa shape index (κ3) is 4.52. The zero-order chi connectivity index (χ0) is 11.1. The van der Waals surface area contributed by atoms with E-state index in [0.717, 1.165) is 6.42 Å². The van der Waals surface area contributed by atoms with Gasteiger partial charge in [0.25, 0.3) is 0 Å². The summed E-state index contributed by atoms with van der Waals surface area (Å²) in [6, 6.07) is 2.32. The Morgan fingerprint density at radius 2 is 2.20 bits per heavy atom. The number of unbranched alkanes of at least 4 members (excludes halogenated alkanes) is 3. The zero-order valence-electron chi connectivity index (χ0n) is 9.39. The van der Waals surface area contributed by atoms with Gasteiger partial charge < -0.3 is 0 Å². The lowest BCUT2D eigenvalue weighted by Gasteiger charge is -1.98. The summed E-state index contributed by atoms with van der Waals surface area (Å²) in [5.41, 5.74) is 1.48. The van der Waals surface area contributed by atoms with Crippen LogP contribution < -0.4 is 0 Å². The van der Waals surface area contributed by atoms with Crippen molar-refractivity contribution in [1.29, 1.82) is 0 Å². The molecule has 0 unspecified atom stereocenters. The van der Waals surface area contributed by atoms with Crippen molar-refractivity contribution in [2.75, 3.05) is 0 Å². The summed E-state index contributed by atoms with van der Waals surface area (Å²) in [5, 5.41) is 0. The predicted octanol–water partition coefficient (Wildman–Crippen LogP) is 5.36. The highest BCUT2D eigenvalue weighted by atomic mass is 79.9. The first kappa shape index (κ1) is 13.0. The van der Waals surface area contributed by atoms with Crippen LogP contribution >= 0.6 is 27.3 Å². The van der Waals surface area contributed by atoms with E-state index in [1.165, 1.54) is 46.3 Å². The summed E-state index contributed by atoms with van der Waals surface area (Å²) in [5.74, 6) is 0. The van der Waals surface area contributed by atoms with Crippen molar-refractivity contribution >= 4 is 27.3 Å². The Balaban J connectivity index is 2.42. The third-order valence-electron chi connectivity index (χ3n) is 2.45. The molecule has 0 nitrogen and oxygen atoms in total. The van der Waals surface area contributed by atoms with E-state index in [0.29, 0.717) is 0 Å². The second kappa shape index (κ2) is 7.24. The SMILES string of the molecule is C=CCc1cc(CCCCCC)c(Br)s1. The maximum absolute atomic E-state index is 3.77. The van der Waals surface area contributed by atoms with E-state index in [-0.39, 0.29) is 0 Å². The van der Waals surface area contributed by atoms with E-state index >= 15 is 0 Å². The first-order chi connectivity index (χ1) is 7.27. The summed E-state index contributed by atoms with van der Waals surface area (Å²) >= 11 is 5.49. The number of thiophene rings is 1. The molecule has 1 rings (SSSR count). The molecule has 0 radical (unpaired) electrons. The molecular formula is C13H19BrS. The molecule has 2 heteroatoms. The minimum absolute atomic E-state index is 0.998. The van der Waals surface area contributed by atoms with Crippen LogP contribution in [0.3, 0.4) is 0 Å². The lowest BCUT2D eigenvalue weighted by atomic mass is 10.1. The van der Waals surface area contributed by atoms with Gasteiger partial charge >= 0.3 is 0 Å². The van der Waals surface area contributed by atoms with Crippen molar-refractivity contribution in [3.05, 3.63) is 32.9 Å². The second-order valence-corrected chi connectivity index (χ2v) is 6.27. The number of aryl methyl sites for hydroxylation is 1. The number of hydrogen-bond acceptors (Lipinski definition) is 1. The van der Waals surface area contributed by atoms with E-state index in [1.54, 1.807) is 0 Å². The van der Waals surface area contributed by atoms with Crippen LogP contribution in [0.1, 0.15) is 43.0 Å². The molecule has 0 spiro atoms. The standard InChI is InChI=1S/C13H19BrS/c1-3-5-6-7-9-11-10-12(8-4-2)15-13(11)14/h4,10H,2-3,5-9H2,1H3. The molecule has 0 bridgehead atoms. The summed E-state index contributed by atoms with van der Waals surface area (Å²) in [6.45, 7) is 6.03. The third-order valence-corrected chi connectivity index (χ3v) is 4.44. The van der Waals surface area contributed by atoms with Crippen molar-refractivity contribution in [2.24, 2.45) is 0 Å². The quantitative estimate of drug-likeness (QED) is 0.467. The minimum atomic E-state index is 0.998. The number of allylic oxidation sites excluding steroid dienone is 1. The molecule has 0 fully saturated rings. The van der Waals surface area contributed by atoms with Crippen LogP contribution in [0.25, 0.3) is 0 Å². The second-order valence-electron chi connectivity index (χ2n) is 3.82. The molecule has 0 saturated heterocycles. The van der Waals surface area contributed by atoms with Gasteiger partial charge in [-0.1, -0.05) is 32.3 Å². The molecule has 0 amide bonds. The summed E-state index contributed by atoms with van der Waals surface area (Å²) in [4.78, 5) is 1.42. The lowest BCUT2D eigenvalue weighted by Crippen LogP contribution is -1.83. The summed E-state index contributed by atoms with van der Waals surface area (Å²) in [7, 11) is 0. The maximum atomic E-state index is 3.77. The average molecular weight is 287 g/mol. The predicted molar refractivity (Wildman–Crippen MR) is 73.8 cm³/mol. The van der Waals surface area contributed by atoms with Crippen molar-refractivity contribution in [1.82, 2.24) is 0 Å². The van der Waals surface area contributed by atoms with Crippen molar-refractivity contribution in [3.8, 4) is 0 Å². The van der Waals surface area contributed by atoms with Gasteiger partial charge in [0.1, 0.15) is 0 Å². The van der Waals surface area contributed by atoms with Gasteiger partial charge in [0.05, 0.1) is 3.79 Å². The summed E-state index contributed by atoms with van der Waals surface area (Å²) < 4.78 is 1.32. The normalized spacial score (nSPS) is 10.5. The van der Waals surface area contributed by atoms with Crippen LogP contribution in [0.15, 0.2) is 22.5 Å². The molecule has 0 saturated carbocycles. The molecular weight excluding hydrogens is 268 g/mol. The highest BCUT2D eigenvalue weighted by Gasteiger charge is 2.05. The van der Waals surface area contributed by atoms with Gasteiger partial charge in [-0.15, -0.1) is 17.9 Å². The molecule has 15 heavy (non-hydrogen) atoms. The van der Waals surface area contributed by atoms with Gasteiger partial charge in [-0.3, -0.25) is 0 Å². The van der Waals surface area contributed by atoms with Crippen LogP contribution in [-0.4, -0.2) is 0 Å². The topological polar surface area (TPSA) is 0 Å². The molecule has 0 aromatic carbocycles. The van der Waals surface area contributed by atoms with E-state index in [4.69, 9.17) is 0 Å². The molecule has 1 aromatic heterocycles. The highest BCUT2D eigenvalue weighted by molar-refractivity contribution is 9.11. The van der Waals surface area contributed by atoms with Gasteiger partial charge in [-0.05, 0) is 46.8 Å². The van der Waals surface area contributed by atoms with E-state index in [2.05, 4.69) is 35.5 Å². The molecule has 0 aliphatic heterocycles. The molecule has 0 aliphatic rings. The zero-order valence-corrected chi connectivity index (χ0v) is 11.8. The van der Waals surface area contributed by atoms with Crippen LogP contribution in [0.5, 0.6) is 0 Å². The number of halogens is 1. The smallest absolute Gasteiger partial charge is 0.0733 e. The van der Waals surface area contributed by atoms with Crippen LogP contribution in [0.4, 0.5) is 0 Å². The van der Waals surface area contributed by atoms with Gasteiger partial charge in [0, 0.05) is 4.88 Å². The first-order valence-corrected chi connectivity index (χ1v) is 7.26. The minimum Gasteiger partial charge on any atom is -0.133 e. The van der Waals surface area contributed by atoms with Crippen molar-refractivity contribution < 1.29 is 0 Å². The molecule has 0 aliphatic carbocycles. The Hall–Kier alpha value is -0.0800. The lowest BCUT2D eigenvalue weighted by molar-refractivity contribution is 0.667. The number of rotatable bonds is 7. The van der Waals surface area contributed by atoms with Gasteiger partial charge in [-0.2, -0.15) is 0 Å². The Kier molecular flexibility index (Phi) is 6.26. The van der Waals surface area contributed by atoms with Crippen molar-refractivity contribution in [2.45, 2.75) is 45.4 Å². The molecule has 0 atom stereocenters. The monoisotopic (exact) mass is 286 g/mol. The molecule has 0 N–H and O–H groups in total. The Morgan fingerprint density at radius 1 is 1.40 bits per heavy atom.